The standard InChI is InChI=1S/C65H48.C49H36N2/c1-64(2)55-34-43(40-21-19-39(20-22-40)38-13-7-5-8-14-38)24-29-50(55)62-52-31-26-46-37-58-63(53-32-27-45(36-57(62)64)60(52)61(46)53)51-30-25-44(35-56(51)65(58,3)4)42-23-28-49-54(33-42)47-17-11-12-18-48(47)59(49)41-15-9-6-10-16-41;1-49(2)43-32-39(50(35-15-7-3-8-16-35)36-17-9-4-10-18-36)26-29-40(43)48-42-28-23-33-25-30-45(41-27-24-34(31-44(48)49)47(42)46(33)41)51(37-19-11-5-12-20-37)38-21-13-6-14-22-38/h5-25,27-37,59,62H,26H2,1-4H3;3-32H,1-2H3. The van der Waals surface area contributed by atoms with Crippen LogP contribution >= 0.6 is 0 Å². The summed E-state index contributed by atoms with van der Waals surface area (Å²) in [5, 5.41) is 10.7. The van der Waals surface area contributed by atoms with Crippen LogP contribution in [0.5, 0.6) is 0 Å². The third-order valence-electron chi connectivity index (χ3n) is 27.2. The van der Waals surface area contributed by atoms with Gasteiger partial charge in [-0.25, -0.2) is 0 Å². The number of benzene rings is 18. The summed E-state index contributed by atoms with van der Waals surface area (Å²) in [6.07, 6.45) is 6.11. The Hall–Kier alpha value is -13.7. The second kappa shape index (κ2) is 25.7. The average Bonchev–Trinajstić information content (AvgIpc) is 1.46. The van der Waals surface area contributed by atoms with Gasteiger partial charge in [0.2, 0.25) is 0 Å². The monoisotopic (exact) mass is 1480 g/mol. The van der Waals surface area contributed by atoms with E-state index < -0.39 is 0 Å². The van der Waals surface area contributed by atoms with Crippen molar-refractivity contribution in [1.82, 2.24) is 0 Å². The minimum absolute atomic E-state index is 0.0851. The molecule has 2 heteroatoms. The van der Waals surface area contributed by atoms with E-state index in [1.165, 1.54) is 199 Å². The molecule has 18 aromatic rings. The fourth-order valence-corrected chi connectivity index (χ4v) is 21.6. The van der Waals surface area contributed by atoms with E-state index in [2.05, 4.69) is 427 Å². The Bertz CT molecular complexity index is 7070. The van der Waals surface area contributed by atoms with Gasteiger partial charge in [-0.05, 0) is 280 Å². The van der Waals surface area contributed by atoms with Gasteiger partial charge in [0.1, 0.15) is 0 Å². The molecule has 0 fully saturated rings. The first-order valence-electron chi connectivity index (χ1n) is 41.3. The highest BCUT2D eigenvalue weighted by molar-refractivity contribution is 6.29. The molecule has 2 nitrogen and oxygen atoms in total. The number of rotatable bonds is 10. The van der Waals surface area contributed by atoms with Crippen LogP contribution in [0.4, 0.5) is 34.1 Å². The van der Waals surface area contributed by atoms with Crippen LogP contribution in [0.1, 0.15) is 120 Å². The summed E-state index contributed by atoms with van der Waals surface area (Å²) in [5.41, 5.74) is 42.4. The maximum Gasteiger partial charge on any atom is 0.0540 e. The van der Waals surface area contributed by atoms with Crippen LogP contribution in [0.3, 0.4) is 0 Å². The van der Waals surface area contributed by atoms with E-state index in [9.17, 15) is 0 Å². The Morgan fingerprint density at radius 3 is 1.42 bits per heavy atom. The third kappa shape index (κ3) is 10.2. The van der Waals surface area contributed by atoms with Gasteiger partial charge in [0.05, 0.1) is 5.69 Å². The molecule has 550 valence electrons. The van der Waals surface area contributed by atoms with Gasteiger partial charge in [0, 0.05) is 61.9 Å². The molecule has 0 saturated heterocycles. The lowest BCUT2D eigenvalue weighted by atomic mass is 9.69. The number of fused-ring (bicyclic) bond motifs is 15. The van der Waals surface area contributed by atoms with Crippen molar-refractivity contribution in [2.45, 2.75) is 76.0 Å². The summed E-state index contributed by atoms with van der Waals surface area (Å²) >= 11 is 0. The van der Waals surface area contributed by atoms with Crippen LogP contribution < -0.4 is 9.80 Å². The molecular formula is C114H84N2. The fourth-order valence-electron chi connectivity index (χ4n) is 21.6. The molecule has 0 saturated carbocycles. The van der Waals surface area contributed by atoms with Gasteiger partial charge in [-0.15, -0.1) is 0 Å². The topological polar surface area (TPSA) is 6.48 Å². The predicted octanol–water partition coefficient (Wildman–Crippen LogP) is 30.5. The normalized spacial score (nSPS) is 15.9. The summed E-state index contributed by atoms with van der Waals surface area (Å²) in [6, 6.07) is 135. The van der Waals surface area contributed by atoms with Crippen molar-refractivity contribution in [2.75, 3.05) is 9.80 Å². The van der Waals surface area contributed by atoms with Crippen molar-refractivity contribution in [3.63, 3.8) is 0 Å². The Balaban J connectivity index is 0.000000141. The highest BCUT2D eigenvalue weighted by atomic mass is 15.1. The Morgan fingerprint density at radius 1 is 0.276 bits per heavy atom. The average molecular weight is 1480 g/mol. The molecule has 0 N–H and O–H groups in total. The first kappa shape index (κ1) is 68.0. The first-order chi connectivity index (χ1) is 56.8. The van der Waals surface area contributed by atoms with Gasteiger partial charge in [-0.1, -0.05) is 327 Å². The van der Waals surface area contributed by atoms with Crippen molar-refractivity contribution in [2.24, 2.45) is 0 Å². The van der Waals surface area contributed by atoms with E-state index >= 15 is 0 Å². The largest absolute Gasteiger partial charge is 0.310 e. The van der Waals surface area contributed by atoms with Crippen LogP contribution in [0.2, 0.25) is 0 Å². The molecule has 0 spiro atoms. The number of para-hydroxylation sites is 4. The van der Waals surface area contributed by atoms with Crippen molar-refractivity contribution in [3.05, 3.63) is 442 Å². The van der Waals surface area contributed by atoms with Crippen molar-refractivity contribution >= 4 is 88.9 Å². The lowest BCUT2D eigenvalue weighted by Gasteiger charge is -2.34. The summed E-state index contributed by atoms with van der Waals surface area (Å²) < 4.78 is 0. The quantitative estimate of drug-likeness (QED) is 0.126. The van der Waals surface area contributed by atoms with Crippen LogP contribution in [0.25, 0.3) is 122 Å². The zero-order chi connectivity index (χ0) is 77.5. The molecule has 0 radical (unpaired) electrons. The molecule has 0 amide bonds. The molecule has 0 bridgehead atoms. The highest BCUT2D eigenvalue weighted by Crippen LogP contribution is 2.64. The van der Waals surface area contributed by atoms with Gasteiger partial charge in [0.25, 0.3) is 0 Å². The van der Waals surface area contributed by atoms with Gasteiger partial charge in [-0.2, -0.15) is 0 Å². The molecule has 0 aromatic heterocycles. The number of allylic oxidation sites excluding steroid dienone is 3. The van der Waals surface area contributed by atoms with E-state index in [0.29, 0.717) is 0 Å². The van der Waals surface area contributed by atoms with Gasteiger partial charge in [-0.3, -0.25) is 0 Å². The molecule has 2 atom stereocenters. The van der Waals surface area contributed by atoms with E-state index in [-0.39, 0.29) is 28.1 Å². The van der Waals surface area contributed by atoms with E-state index in [0.717, 1.165) is 29.2 Å². The molecular weight excluding hydrogens is 1400 g/mol. The first-order valence-corrected chi connectivity index (χ1v) is 41.3. The van der Waals surface area contributed by atoms with E-state index in [1.807, 2.05) is 0 Å². The fraction of sp³-hybridized carbons (Fsp3) is 0.105. The minimum Gasteiger partial charge on any atom is -0.310 e. The molecule has 0 aliphatic heterocycles. The molecule has 18 aromatic carbocycles. The highest BCUT2D eigenvalue weighted by Gasteiger charge is 2.48. The van der Waals surface area contributed by atoms with Gasteiger partial charge >= 0.3 is 0 Å². The van der Waals surface area contributed by atoms with Crippen LogP contribution in [0.15, 0.2) is 376 Å². The molecule has 116 heavy (non-hydrogen) atoms. The van der Waals surface area contributed by atoms with E-state index in [1.54, 1.807) is 0 Å². The molecule has 6 aliphatic rings. The number of hydrogen-bond acceptors (Lipinski definition) is 2. The van der Waals surface area contributed by atoms with Crippen molar-refractivity contribution in [3.8, 4) is 66.8 Å². The van der Waals surface area contributed by atoms with Crippen LogP contribution in [-0.4, -0.2) is 0 Å². The lowest BCUT2D eigenvalue weighted by molar-refractivity contribution is 0.640. The van der Waals surface area contributed by atoms with Crippen molar-refractivity contribution < 1.29 is 0 Å². The smallest absolute Gasteiger partial charge is 0.0540 e. The zero-order valence-electron chi connectivity index (χ0n) is 66.1. The Morgan fingerprint density at radius 2 is 0.750 bits per heavy atom. The zero-order valence-corrected chi connectivity index (χ0v) is 66.1. The van der Waals surface area contributed by atoms with Gasteiger partial charge in [0.15, 0.2) is 0 Å². The van der Waals surface area contributed by atoms with Crippen molar-refractivity contribution in [1.29, 1.82) is 0 Å². The second-order valence-electron chi connectivity index (χ2n) is 34.5. The van der Waals surface area contributed by atoms with Crippen LogP contribution in [-0.2, 0) is 22.7 Å². The summed E-state index contributed by atoms with van der Waals surface area (Å²) in [6.45, 7) is 14.6. The van der Waals surface area contributed by atoms with Crippen LogP contribution in [0, 0.1) is 0 Å². The number of nitrogens with zero attached hydrogens (tertiary/aromatic N) is 2. The summed E-state index contributed by atoms with van der Waals surface area (Å²) in [7, 11) is 0. The SMILES string of the molecule is CC1(C)C2=Cc3ccc4c5c(cc6c4c3C(=CC6)C2c2ccc(-c3ccc(-c4ccccc4)cc3)cc21)C(C)(C)c1cc(-c2ccc3c(c2)-c2ccccc2C3c2ccccc2)ccc1-5.CC1(C)c2cc(N(c3ccccc3)c3ccccc3)ccc2-c2c1cc1ccc3c(N(c4ccccc4)c4ccccc4)ccc4ccc2c1c43. The second-order valence-corrected chi connectivity index (χ2v) is 34.5. The molecule has 24 rings (SSSR count). The maximum absolute atomic E-state index is 2.59. The molecule has 6 aliphatic carbocycles. The third-order valence-corrected chi connectivity index (χ3v) is 27.2. The summed E-state index contributed by atoms with van der Waals surface area (Å²) in [5.74, 6) is 0.525. The molecule has 2 unspecified atom stereocenters. The molecule has 0 heterocycles. The Kier molecular flexibility index (Phi) is 15.0. The Labute approximate surface area is 679 Å². The predicted molar refractivity (Wildman–Crippen MR) is 490 cm³/mol. The minimum atomic E-state index is -0.174. The summed E-state index contributed by atoms with van der Waals surface area (Å²) in [4.78, 5) is 4.76. The van der Waals surface area contributed by atoms with Gasteiger partial charge < -0.3 is 9.80 Å². The van der Waals surface area contributed by atoms with E-state index in [4.69, 9.17) is 0 Å². The lowest BCUT2D eigenvalue weighted by Crippen LogP contribution is -2.20. The number of hydrogen-bond donors (Lipinski definition) is 0. The maximum atomic E-state index is 2.59. The number of anilines is 6.